The first-order valence-corrected chi connectivity index (χ1v) is 12.8. The molecule has 4 aromatic rings. The summed E-state index contributed by atoms with van der Waals surface area (Å²) in [6.07, 6.45) is -4.78. The van der Waals surface area contributed by atoms with E-state index >= 15 is 0 Å². The molecule has 4 rings (SSSR count). The second kappa shape index (κ2) is 10.1. The zero-order valence-electron chi connectivity index (χ0n) is 18.9. The van der Waals surface area contributed by atoms with Crippen molar-refractivity contribution in [1.29, 1.82) is 0 Å². The van der Waals surface area contributed by atoms with Gasteiger partial charge in [-0.2, -0.15) is 0 Å². The Morgan fingerprint density at radius 2 is 1.62 bits per heavy atom. The third-order valence-electron chi connectivity index (χ3n) is 5.11. The molecular formula is C25H18F3NO6S2. The van der Waals surface area contributed by atoms with Gasteiger partial charge in [0.05, 0.1) is 18.4 Å². The first-order chi connectivity index (χ1) is 17.4. The highest BCUT2D eigenvalue weighted by atomic mass is 32.2. The predicted octanol–water partition coefficient (Wildman–Crippen LogP) is 6.49. The number of aromatic carboxylic acids is 1. The molecule has 37 heavy (non-hydrogen) atoms. The summed E-state index contributed by atoms with van der Waals surface area (Å²) >= 11 is 1.02. The van der Waals surface area contributed by atoms with Gasteiger partial charge >= 0.3 is 12.3 Å². The summed E-state index contributed by atoms with van der Waals surface area (Å²) in [5, 5.41) is 9.12. The molecule has 3 aromatic carbocycles. The zero-order valence-corrected chi connectivity index (χ0v) is 20.6. The van der Waals surface area contributed by atoms with Gasteiger partial charge in [-0.15, -0.1) is 24.5 Å². The summed E-state index contributed by atoms with van der Waals surface area (Å²) in [6, 6.07) is 19.4. The van der Waals surface area contributed by atoms with E-state index in [9.17, 15) is 26.4 Å². The molecule has 0 aliphatic carbocycles. The van der Waals surface area contributed by atoms with E-state index in [0.717, 1.165) is 16.9 Å². The SMILES string of the molecule is COc1cc(C(=O)O)ccc1NS(=O)(=O)c1ccc(-c2cccc(-c3ccc(OC(F)(F)F)cc3)c2)s1. The molecule has 0 saturated heterocycles. The Kier molecular flexibility index (Phi) is 7.14. The summed E-state index contributed by atoms with van der Waals surface area (Å²) in [5.74, 6) is -1.45. The number of benzene rings is 3. The van der Waals surface area contributed by atoms with Crippen LogP contribution in [0, 0.1) is 0 Å². The quantitative estimate of drug-likeness (QED) is 0.261. The van der Waals surface area contributed by atoms with Crippen LogP contribution in [0.2, 0.25) is 0 Å². The summed E-state index contributed by atoms with van der Waals surface area (Å²) in [6.45, 7) is 0. The molecule has 2 N–H and O–H groups in total. The second-order valence-electron chi connectivity index (χ2n) is 7.60. The monoisotopic (exact) mass is 549 g/mol. The van der Waals surface area contributed by atoms with Crippen LogP contribution in [0.5, 0.6) is 11.5 Å². The smallest absolute Gasteiger partial charge is 0.495 e. The number of rotatable bonds is 8. The van der Waals surface area contributed by atoms with Gasteiger partial charge in [-0.1, -0.05) is 30.3 Å². The number of carbonyl (C=O) groups is 1. The topological polar surface area (TPSA) is 102 Å². The van der Waals surface area contributed by atoms with Gasteiger partial charge in [-0.05, 0) is 65.2 Å². The number of carboxylic acid groups (broad SMARTS) is 1. The van der Waals surface area contributed by atoms with Gasteiger partial charge in [0, 0.05) is 4.88 Å². The highest BCUT2D eigenvalue weighted by Gasteiger charge is 2.31. The van der Waals surface area contributed by atoms with Gasteiger partial charge in [0.25, 0.3) is 10.0 Å². The van der Waals surface area contributed by atoms with Crippen LogP contribution in [0.4, 0.5) is 18.9 Å². The van der Waals surface area contributed by atoms with Crippen molar-refractivity contribution in [3.05, 3.63) is 84.4 Å². The fraction of sp³-hybridized carbons (Fsp3) is 0.0800. The third-order valence-corrected chi connectivity index (χ3v) is 8.10. The number of anilines is 1. The Labute approximate surface area is 213 Å². The Bertz CT molecular complexity index is 1550. The average Bonchev–Trinajstić information content (AvgIpc) is 3.35. The molecule has 0 aliphatic rings. The summed E-state index contributed by atoms with van der Waals surface area (Å²) < 4.78 is 74.6. The van der Waals surface area contributed by atoms with Crippen LogP contribution in [-0.2, 0) is 10.0 Å². The first-order valence-electron chi connectivity index (χ1n) is 10.5. The summed E-state index contributed by atoms with van der Waals surface area (Å²) in [5.41, 5.74) is 2.11. The number of carboxylic acids is 1. The van der Waals surface area contributed by atoms with Gasteiger partial charge in [0.2, 0.25) is 0 Å². The van der Waals surface area contributed by atoms with Crippen molar-refractivity contribution in [3.8, 4) is 33.1 Å². The van der Waals surface area contributed by atoms with Crippen LogP contribution in [0.25, 0.3) is 21.6 Å². The van der Waals surface area contributed by atoms with Crippen LogP contribution < -0.4 is 14.2 Å². The molecular weight excluding hydrogens is 531 g/mol. The molecule has 0 radical (unpaired) electrons. The molecule has 0 bridgehead atoms. The van der Waals surface area contributed by atoms with E-state index in [1.54, 1.807) is 30.3 Å². The maximum atomic E-state index is 13.0. The van der Waals surface area contributed by atoms with Gasteiger partial charge in [-0.25, -0.2) is 13.2 Å². The number of nitrogens with one attached hydrogen (secondary N) is 1. The maximum absolute atomic E-state index is 13.0. The molecule has 1 aromatic heterocycles. The van der Waals surface area contributed by atoms with Crippen molar-refractivity contribution in [1.82, 2.24) is 0 Å². The fourth-order valence-electron chi connectivity index (χ4n) is 3.42. The normalized spacial score (nSPS) is 11.7. The molecule has 0 spiro atoms. The van der Waals surface area contributed by atoms with E-state index in [0.29, 0.717) is 16.0 Å². The largest absolute Gasteiger partial charge is 0.573 e. The molecule has 1 heterocycles. The number of alkyl halides is 3. The molecule has 0 aliphatic heterocycles. The van der Waals surface area contributed by atoms with Crippen molar-refractivity contribution >= 4 is 33.0 Å². The van der Waals surface area contributed by atoms with E-state index in [1.165, 1.54) is 55.6 Å². The highest BCUT2D eigenvalue weighted by molar-refractivity contribution is 7.94. The minimum absolute atomic E-state index is 0.0194. The van der Waals surface area contributed by atoms with Crippen molar-refractivity contribution < 1.29 is 41.0 Å². The first kappa shape index (κ1) is 26.0. The Balaban J connectivity index is 1.56. The molecule has 0 fully saturated rings. The van der Waals surface area contributed by atoms with Gasteiger partial charge in [0.1, 0.15) is 15.7 Å². The van der Waals surface area contributed by atoms with E-state index in [-0.39, 0.29) is 27.0 Å². The van der Waals surface area contributed by atoms with E-state index in [1.807, 2.05) is 0 Å². The van der Waals surface area contributed by atoms with Gasteiger partial charge < -0.3 is 14.6 Å². The molecule has 0 atom stereocenters. The van der Waals surface area contributed by atoms with Crippen LogP contribution in [0.3, 0.4) is 0 Å². The average molecular weight is 550 g/mol. The Morgan fingerprint density at radius 3 is 2.27 bits per heavy atom. The highest BCUT2D eigenvalue weighted by Crippen LogP contribution is 2.35. The summed E-state index contributed by atoms with van der Waals surface area (Å²) in [4.78, 5) is 11.8. The lowest BCUT2D eigenvalue weighted by atomic mass is 10.0. The van der Waals surface area contributed by atoms with Crippen molar-refractivity contribution in [2.75, 3.05) is 11.8 Å². The standard InChI is InChI=1S/C25H18F3NO6S2/c1-34-21-14-18(24(30)31)7-10-20(21)29-37(32,33)23-12-11-22(36-23)17-4-2-3-16(13-17)15-5-8-19(9-6-15)35-25(26,27)28/h2-14,29H,1H3,(H,30,31). The lowest BCUT2D eigenvalue weighted by Gasteiger charge is -2.11. The molecule has 0 amide bonds. The Hall–Kier alpha value is -4.03. The van der Waals surface area contributed by atoms with Crippen LogP contribution in [-0.4, -0.2) is 33.0 Å². The zero-order chi connectivity index (χ0) is 26.8. The van der Waals surface area contributed by atoms with E-state index in [2.05, 4.69) is 9.46 Å². The lowest BCUT2D eigenvalue weighted by Crippen LogP contribution is -2.16. The van der Waals surface area contributed by atoms with Crippen molar-refractivity contribution in [2.45, 2.75) is 10.6 Å². The molecule has 12 heteroatoms. The maximum Gasteiger partial charge on any atom is 0.573 e. The van der Waals surface area contributed by atoms with Crippen molar-refractivity contribution in [3.63, 3.8) is 0 Å². The number of thiophene rings is 1. The number of hydrogen-bond acceptors (Lipinski definition) is 6. The van der Waals surface area contributed by atoms with Gasteiger partial charge in [-0.3, -0.25) is 4.72 Å². The second-order valence-corrected chi connectivity index (χ2v) is 10.6. The molecule has 0 unspecified atom stereocenters. The molecule has 192 valence electrons. The lowest BCUT2D eigenvalue weighted by molar-refractivity contribution is -0.274. The van der Waals surface area contributed by atoms with Gasteiger partial charge in [0.15, 0.2) is 0 Å². The number of halogens is 3. The minimum atomic E-state index is -4.78. The number of hydrogen-bond donors (Lipinski definition) is 2. The number of methoxy groups -OCH3 is 1. The van der Waals surface area contributed by atoms with E-state index < -0.39 is 22.4 Å². The van der Waals surface area contributed by atoms with E-state index in [4.69, 9.17) is 9.84 Å². The number of sulfonamides is 1. The van der Waals surface area contributed by atoms with Crippen molar-refractivity contribution in [2.24, 2.45) is 0 Å². The number of ether oxygens (including phenoxy) is 2. The Morgan fingerprint density at radius 1 is 0.919 bits per heavy atom. The fourth-order valence-corrected chi connectivity index (χ4v) is 5.80. The van der Waals surface area contributed by atoms with Crippen LogP contribution in [0.15, 0.2) is 83.1 Å². The third kappa shape index (κ3) is 6.22. The summed E-state index contributed by atoms with van der Waals surface area (Å²) in [7, 11) is -2.72. The van der Waals surface area contributed by atoms with Crippen LogP contribution >= 0.6 is 11.3 Å². The van der Waals surface area contributed by atoms with Crippen LogP contribution in [0.1, 0.15) is 10.4 Å². The molecule has 7 nitrogen and oxygen atoms in total. The minimum Gasteiger partial charge on any atom is -0.495 e. The molecule has 0 saturated carbocycles. The predicted molar refractivity (Wildman–Crippen MR) is 133 cm³/mol.